The van der Waals surface area contributed by atoms with Gasteiger partial charge in [0.25, 0.3) is 5.91 Å². The molecule has 2 aromatic rings. The van der Waals surface area contributed by atoms with Gasteiger partial charge in [-0.15, -0.1) is 11.3 Å². The predicted molar refractivity (Wildman–Crippen MR) is 81.9 cm³/mol. The van der Waals surface area contributed by atoms with Crippen LogP contribution in [0.15, 0.2) is 24.5 Å². The second-order valence-electron chi connectivity index (χ2n) is 4.61. The number of rotatable bonds is 4. The van der Waals surface area contributed by atoms with Crippen molar-refractivity contribution >= 4 is 29.9 Å². The molecule has 1 N–H and O–H groups in total. The molecule has 0 fully saturated rings. The lowest BCUT2D eigenvalue weighted by atomic mass is 10.1. The number of nitrogens with one attached hydrogen (secondary N) is 1. The van der Waals surface area contributed by atoms with Crippen LogP contribution in [-0.4, -0.2) is 22.8 Å². The molecular weight excluding hydrogens is 276 g/mol. The summed E-state index contributed by atoms with van der Waals surface area (Å²) in [5.74, 6) is 0.703. The Kier molecular flexibility index (Phi) is 3.66. The fourth-order valence-electron chi connectivity index (χ4n) is 2.53. The number of thiophene rings is 1. The SMILES string of the molecule is O=C(NCCS)c1c(-n2cccc2)sc2c1CCC2. The minimum Gasteiger partial charge on any atom is -0.351 e. The summed E-state index contributed by atoms with van der Waals surface area (Å²) in [5, 5.41) is 3.99. The van der Waals surface area contributed by atoms with Crippen LogP contribution in [0.25, 0.3) is 5.00 Å². The Labute approximate surface area is 122 Å². The smallest absolute Gasteiger partial charge is 0.254 e. The van der Waals surface area contributed by atoms with Crippen molar-refractivity contribution < 1.29 is 4.79 Å². The molecule has 1 aliphatic rings. The highest BCUT2D eigenvalue weighted by molar-refractivity contribution is 7.80. The van der Waals surface area contributed by atoms with Crippen molar-refractivity contribution in [1.29, 1.82) is 0 Å². The molecule has 0 radical (unpaired) electrons. The van der Waals surface area contributed by atoms with Crippen molar-refractivity contribution in [3.05, 3.63) is 40.5 Å². The molecule has 3 rings (SSSR count). The summed E-state index contributed by atoms with van der Waals surface area (Å²) in [6.45, 7) is 0.609. The molecule has 0 unspecified atom stereocenters. The standard InChI is InChI=1S/C14H16N2OS2/c17-13(15-6-9-18)12-10-4-3-5-11(10)19-14(12)16-7-1-2-8-16/h1-2,7-8,18H,3-6,9H2,(H,15,17). The molecular formula is C14H16N2OS2. The van der Waals surface area contributed by atoms with E-state index in [1.807, 2.05) is 29.1 Å². The Morgan fingerprint density at radius 1 is 1.37 bits per heavy atom. The number of amides is 1. The van der Waals surface area contributed by atoms with Crippen molar-refractivity contribution in [1.82, 2.24) is 9.88 Å². The minimum atomic E-state index is 0.0390. The van der Waals surface area contributed by atoms with E-state index in [1.54, 1.807) is 11.3 Å². The Hall–Kier alpha value is -1.20. The number of aromatic nitrogens is 1. The lowest BCUT2D eigenvalue weighted by Gasteiger charge is -2.08. The van der Waals surface area contributed by atoms with Gasteiger partial charge in [0.2, 0.25) is 0 Å². The maximum Gasteiger partial charge on any atom is 0.254 e. The molecule has 0 spiro atoms. The average molecular weight is 292 g/mol. The third kappa shape index (κ3) is 2.32. The fraction of sp³-hybridized carbons (Fsp3) is 0.357. The molecule has 1 aliphatic carbocycles. The van der Waals surface area contributed by atoms with E-state index in [-0.39, 0.29) is 5.91 Å². The van der Waals surface area contributed by atoms with Gasteiger partial charge in [0, 0.05) is 29.6 Å². The Bertz CT molecular complexity index is 587. The highest BCUT2D eigenvalue weighted by atomic mass is 32.1. The van der Waals surface area contributed by atoms with E-state index in [1.165, 1.54) is 16.9 Å². The van der Waals surface area contributed by atoms with Gasteiger partial charge in [-0.1, -0.05) is 0 Å². The first-order chi connectivity index (χ1) is 9.31. The highest BCUT2D eigenvalue weighted by Gasteiger charge is 2.26. The van der Waals surface area contributed by atoms with Gasteiger partial charge >= 0.3 is 0 Å². The number of carbonyl (C=O) groups excluding carboxylic acids is 1. The van der Waals surface area contributed by atoms with Crippen molar-refractivity contribution in [2.24, 2.45) is 0 Å². The number of fused-ring (bicyclic) bond motifs is 1. The highest BCUT2D eigenvalue weighted by Crippen LogP contribution is 2.37. The van der Waals surface area contributed by atoms with Crippen LogP contribution in [-0.2, 0) is 12.8 Å². The van der Waals surface area contributed by atoms with E-state index in [0.29, 0.717) is 12.3 Å². The molecule has 3 nitrogen and oxygen atoms in total. The molecule has 0 aromatic carbocycles. The summed E-state index contributed by atoms with van der Waals surface area (Å²) < 4.78 is 2.04. The van der Waals surface area contributed by atoms with E-state index in [2.05, 4.69) is 17.9 Å². The molecule has 0 atom stereocenters. The summed E-state index contributed by atoms with van der Waals surface area (Å²) in [7, 11) is 0. The second-order valence-corrected chi connectivity index (χ2v) is 6.14. The van der Waals surface area contributed by atoms with Crippen LogP contribution < -0.4 is 5.32 Å². The molecule has 0 saturated heterocycles. The summed E-state index contributed by atoms with van der Waals surface area (Å²) in [6, 6.07) is 3.97. The van der Waals surface area contributed by atoms with Gasteiger partial charge in [-0.2, -0.15) is 12.6 Å². The summed E-state index contributed by atoms with van der Waals surface area (Å²) >= 11 is 5.89. The van der Waals surface area contributed by atoms with Crippen molar-refractivity contribution in [3.8, 4) is 5.00 Å². The number of hydrogen-bond acceptors (Lipinski definition) is 3. The summed E-state index contributed by atoms with van der Waals surface area (Å²) in [5.41, 5.74) is 2.13. The van der Waals surface area contributed by atoms with Crippen LogP contribution in [0.1, 0.15) is 27.2 Å². The molecule has 100 valence electrons. The second kappa shape index (κ2) is 5.43. The molecule has 0 saturated carbocycles. The van der Waals surface area contributed by atoms with Crippen LogP contribution in [0.2, 0.25) is 0 Å². The lowest BCUT2D eigenvalue weighted by molar-refractivity contribution is 0.0956. The van der Waals surface area contributed by atoms with Crippen molar-refractivity contribution in [3.63, 3.8) is 0 Å². The van der Waals surface area contributed by atoms with Gasteiger partial charge in [0.1, 0.15) is 5.00 Å². The third-order valence-corrected chi connectivity index (χ3v) is 4.89. The zero-order valence-electron chi connectivity index (χ0n) is 10.6. The Morgan fingerprint density at radius 2 is 2.16 bits per heavy atom. The third-order valence-electron chi connectivity index (χ3n) is 3.37. The number of carbonyl (C=O) groups is 1. The normalized spacial score (nSPS) is 13.5. The van der Waals surface area contributed by atoms with Gasteiger partial charge in [-0.05, 0) is 37.0 Å². The zero-order chi connectivity index (χ0) is 13.2. The molecule has 2 heterocycles. The molecule has 2 aromatic heterocycles. The largest absolute Gasteiger partial charge is 0.351 e. The van der Waals surface area contributed by atoms with Gasteiger partial charge in [-0.3, -0.25) is 4.79 Å². The first-order valence-corrected chi connectivity index (χ1v) is 7.93. The number of hydrogen-bond donors (Lipinski definition) is 2. The van der Waals surface area contributed by atoms with Crippen molar-refractivity contribution in [2.45, 2.75) is 19.3 Å². The first-order valence-electron chi connectivity index (χ1n) is 6.48. The quantitative estimate of drug-likeness (QED) is 0.835. The summed E-state index contributed by atoms with van der Waals surface area (Å²) in [6.07, 6.45) is 7.29. The molecule has 5 heteroatoms. The van der Waals surface area contributed by atoms with Crippen LogP contribution in [0, 0.1) is 0 Å². The van der Waals surface area contributed by atoms with Gasteiger partial charge < -0.3 is 9.88 Å². The van der Waals surface area contributed by atoms with E-state index in [9.17, 15) is 4.79 Å². The molecule has 1 amide bonds. The van der Waals surface area contributed by atoms with Crippen LogP contribution in [0.3, 0.4) is 0 Å². The maximum absolute atomic E-state index is 12.4. The molecule has 0 aliphatic heterocycles. The van der Waals surface area contributed by atoms with Crippen molar-refractivity contribution in [2.75, 3.05) is 12.3 Å². The van der Waals surface area contributed by atoms with Gasteiger partial charge in [0.15, 0.2) is 0 Å². The van der Waals surface area contributed by atoms with E-state index in [4.69, 9.17) is 0 Å². The van der Waals surface area contributed by atoms with E-state index >= 15 is 0 Å². The van der Waals surface area contributed by atoms with Gasteiger partial charge in [-0.25, -0.2) is 0 Å². The first kappa shape index (κ1) is 12.8. The van der Waals surface area contributed by atoms with E-state index in [0.717, 1.165) is 23.4 Å². The molecule has 0 bridgehead atoms. The lowest BCUT2D eigenvalue weighted by Crippen LogP contribution is -2.26. The Balaban J connectivity index is 2.03. The predicted octanol–water partition coefficient (Wildman–Crippen LogP) is 2.69. The van der Waals surface area contributed by atoms with Crippen LogP contribution in [0.5, 0.6) is 0 Å². The molecule has 19 heavy (non-hydrogen) atoms. The summed E-state index contributed by atoms with van der Waals surface area (Å²) in [4.78, 5) is 13.8. The fourth-order valence-corrected chi connectivity index (χ4v) is 4.00. The maximum atomic E-state index is 12.4. The number of aryl methyl sites for hydroxylation is 1. The van der Waals surface area contributed by atoms with E-state index < -0.39 is 0 Å². The minimum absolute atomic E-state index is 0.0390. The number of nitrogens with zero attached hydrogens (tertiary/aromatic N) is 1. The van der Waals surface area contributed by atoms with Gasteiger partial charge in [0.05, 0.1) is 5.56 Å². The number of thiol groups is 1. The topological polar surface area (TPSA) is 34.0 Å². The Morgan fingerprint density at radius 3 is 2.89 bits per heavy atom. The average Bonchev–Trinajstić information content (AvgIpc) is 3.09. The van der Waals surface area contributed by atoms with Crippen LogP contribution >= 0.6 is 24.0 Å². The monoisotopic (exact) mass is 292 g/mol. The van der Waals surface area contributed by atoms with Crippen LogP contribution in [0.4, 0.5) is 0 Å². The zero-order valence-corrected chi connectivity index (χ0v) is 12.3.